The zero-order valence-corrected chi connectivity index (χ0v) is 11.7. The van der Waals surface area contributed by atoms with E-state index >= 15 is 0 Å². The number of fused-ring (bicyclic) bond motifs is 1. The van der Waals surface area contributed by atoms with Crippen molar-refractivity contribution in [3.63, 3.8) is 0 Å². The van der Waals surface area contributed by atoms with Gasteiger partial charge in [-0.15, -0.1) is 11.3 Å². The van der Waals surface area contributed by atoms with Gasteiger partial charge in [0.25, 0.3) is 5.91 Å². The lowest BCUT2D eigenvalue weighted by Gasteiger charge is -2.16. The second-order valence-electron chi connectivity index (χ2n) is 5.09. The van der Waals surface area contributed by atoms with E-state index in [9.17, 15) is 4.79 Å². The predicted octanol–water partition coefficient (Wildman–Crippen LogP) is 2.38. The summed E-state index contributed by atoms with van der Waals surface area (Å²) >= 11 is 1.65. The minimum absolute atomic E-state index is 0.0417. The molecule has 0 bridgehead atoms. The number of amides is 1. The summed E-state index contributed by atoms with van der Waals surface area (Å²) in [5, 5.41) is 11.6. The van der Waals surface area contributed by atoms with Crippen LogP contribution in [0.25, 0.3) is 0 Å². The van der Waals surface area contributed by atoms with Crippen molar-refractivity contribution in [2.75, 3.05) is 13.2 Å². The molecule has 1 amide bonds. The van der Waals surface area contributed by atoms with Crippen LogP contribution in [0, 0.1) is 5.92 Å². The van der Waals surface area contributed by atoms with E-state index in [1.54, 1.807) is 11.3 Å². The van der Waals surface area contributed by atoms with Crippen LogP contribution in [0.4, 0.5) is 0 Å². The number of aryl methyl sites for hydroxylation is 1. The fourth-order valence-corrected chi connectivity index (χ4v) is 3.47. The maximum absolute atomic E-state index is 11.9. The van der Waals surface area contributed by atoms with Crippen LogP contribution < -0.4 is 5.32 Å². The van der Waals surface area contributed by atoms with Crippen molar-refractivity contribution in [2.45, 2.75) is 39.0 Å². The molecule has 1 aromatic heterocycles. The summed E-state index contributed by atoms with van der Waals surface area (Å²) in [6.45, 7) is 3.12. The molecule has 1 unspecified atom stereocenters. The molecule has 0 saturated heterocycles. The molecule has 0 radical (unpaired) electrons. The Morgan fingerprint density at radius 2 is 2.39 bits per heavy atom. The molecule has 1 heterocycles. The van der Waals surface area contributed by atoms with E-state index in [2.05, 4.69) is 18.3 Å². The highest BCUT2D eigenvalue weighted by molar-refractivity contribution is 7.14. The number of hydrogen-bond donors (Lipinski definition) is 2. The summed E-state index contributed by atoms with van der Waals surface area (Å²) in [4.78, 5) is 14.2. The highest BCUT2D eigenvalue weighted by Gasteiger charge is 2.20. The third-order valence-electron chi connectivity index (χ3n) is 3.42. The van der Waals surface area contributed by atoms with Crippen molar-refractivity contribution < 1.29 is 9.90 Å². The minimum Gasteiger partial charge on any atom is -0.396 e. The van der Waals surface area contributed by atoms with Gasteiger partial charge in [-0.25, -0.2) is 0 Å². The van der Waals surface area contributed by atoms with Crippen LogP contribution in [0.2, 0.25) is 0 Å². The third kappa shape index (κ3) is 3.33. The molecule has 4 heteroatoms. The molecule has 1 aromatic rings. The molecular weight excluding hydrogens is 246 g/mol. The molecule has 0 aliphatic heterocycles. The van der Waals surface area contributed by atoms with Crippen molar-refractivity contribution in [2.24, 2.45) is 5.92 Å². The van der Waals surface area contributed by atoms with Crippen LogP contribution in [0.1, 0.15) is 46.3 Å². The monoisotopic (exact) mass is 267 g/mol. The Hall–Kier alpha value is -0.870. The standard InChI is InChI=1S/C14H21NO2S/c1-10-4-5-12-11(8-10)9-13(18-12)14(17)15-6-2-3-7-16/h9-10,16H,2-8H2,1H3,(H,15,17). The fourth-order valence-electron chi connectivity index (χ4n) is 2.34. The number of unbranched alkanes of at least 4 members (excludes halogenated alkanes) is 1. The number of carbonyl (C=O) groups is 1. The molecule has 1 atom stereocenters. The average Bonchev–Trinajstić information content (AvgIpc) is 2.77. The third-order valence-corrected chi connectivity index (χ3v) is 4.66. The number of hydrogen-bond acceptors (Lipinski definition) is 3. The lowest BCUT2D eigenvalue weighted by Crippen LogP contribution is -2.23. The van der Waals surface area contributed by atoms with Gasteiger partial charge in [0, 0.05) is 18.0 Å². The number of aliphatic hydroxyl groups is 1. The zero-order valence-electron chi connectivity index (χ0n) is 10.9. The molecule has 0 saturated carbocycles. The van der Waals surface area contributed by atoms with E-state index in [4.69, 9.17) is 5.11 Å². The fraction of sp³-hybridized carbons (Fsp3) is 0.643. The van der Waals surface area contributed by atoms with Gasteiger partial charge in [-0.05, 0) is 49.7 Å². The summed E-state index contributed by atoms with van der Waals surface area (Å²) < 4.78 is 0. The van der Waals surface area contributed by atoms with Gasteiger partial charge in [-0.2, -0.15) is 0 Å². The Kier molecular flexibility index (Phi) is 4.78. The summed E-state index contributed by atoms with van der Waals surface area (Å²) in [5.41, 5.74) is 1.37. The van der Waals surface area contributed by atoms with Crippen LogP contribution in [0.3, 0.4) is 0 Å². The van der Waals surface area contributed by atoms with Crippen molar-refractivity contribution in [1.82, 2.24) is 5.32 Å². The first kappa shape index (κ1) is 13.6. The Morgan fingerprint density at radius 3 is 3.17 bits per heavy atom. The lowest BCUT2D eigenvalue weighted by atomic mass is 9.90. The van der Waals surface area contributed by atoms with Gasteiger partial charge < -0.3 is 10.4 Å². The first-order chi connectivity index (χ1) is 8.70. The van der Waals surface area contributed by atoms with E-state index < -0.39 is 0 Å². The number of carbonyl (C=O) groups excluding carboxylic acids is 1. The summed E-state index contributed by atoms with van der Waals surface area (Å²) in [7, 11) is 0. The summed E-state index contributed by atoms with van der Waals surface area (Å²) in [5.74, 6) is 0.785. The molecule has 0 spiro atoms. The van der Waals surface area contributed by atoms with Gasteiger partial charge in [0.15, 0.2) is 0 Å². The molecule has 0 fully saturated rings. The second-order valence-corrected chi connectivity index (χ2v) is 6.23. The van der Waals surface area contributed by atoms with Crippen LogP contribution in [0.15, 0.2) is 6.07 Å². The van der Waals surface area contributed by atoms with Crippen molar-refractivity contribution in [3.05, 3.63) is 21.4 Å². The SMILES string of the molecule is CC1CCc2sc(C(=O)NCCCCO)cc2C1. The van der Waals surface area contributed by atoms with Crippen LogP contribution in [-0.4, -0.2) is 24.2 Å². The molecule has 2 N–H and O–H groups in total. The van der Waals surface area contributed by atoms with E-state index in [-0.39, 0.29) is 12.5 Å². The van der Waals surface area contributed by atoms with E-state index in [0.29, 0.717) is 6.54 Å². The van der Waals surface area contributed by atoms with Crippen LogP contribution >= 0.6 is 11.3 Å². The van der Waals surface area contributed by atoms with Gasteiger partial charge in [0.2, 0.25) is 0 Å². The Balaban J connectivity index is 1.91. The molecule has 1 aliphatic carbocycles. The van der Waals surface area contributed by atoms with E-state index in [1.807, 2.05) is 0 Å². The van der Waals surface area contributed by atoms with Crippen molar-refractivity contribution in [1.29, 1.82) is 0 Å². The highest BCUT2D eigenvalue weighted by atomic mass is 32.1. The lowest BCUT2D eigenvalue weighted by molar-refractivity contribution is 0.0956. The predicted molar refractivity (Wildman–Crippen MR) is 74.2 cm³/mol. The van der Waals surface area contributed by atoms with E-state index in [0.717, 1.165) is 36.5 Å². The second kappa shape index (κ2) is 6.34. The maximum Gasteiger partial charge on any atom is 0.261 e. The minimum atomic E-state index is 0.0417. The summed E-state index contributed by atoms with van der Waals surface area (Å²) in [6.07, 6.45) is 5.07. The van der Waals surface area contributed by atoms with Crippen LogP contribution in [0.5, 0.6) is 0 Å². The highest BCUT2D eigenvalue weighted by Crippen LogP contribution is 2.32. The number of rotatable bonds is 5. The number of thiophene rings is 1. The molecule has 1 aliphatic rings. The normalized spacial score (nSPS) is 18.4. The Labute approximate surface area is 112 Å². The Morgan fingerprint density at radius 1 is 1.56 bits per heavy atom. The molecule has 0 aromatic carbocycles. The maximum atomic E-state index is 11.9. The van der Waals surface area contributed by atoms with Gasteiger partial charge in [-0.3, -0.25) is 4.79 Å². The van der Waals surface area contributed by atoms with Gasteiger partial charge in [0.05, 0.1) is 4.88 Å². The quantitative estimate of drug-likeness (QED) is 0.805. The van der Waals surface area contributed by atoms with Gasteiger partial charge in [-0.1, -0.05) is 6.92 Å². The molecule has 18 heavy (non-hydrogen) atoms. The number of aliphatic hydroxyl groups excluding tert-OH is 1. The summed E-state index contributed by atoms with van der Waals surface area (Å²) in [6, 6.07) is 2.07. The smallest absolute Gasteiger partial charge is 0.261 e. The van der Waals surface area contributed by atoms with Crippen molar-refractivity contribution in [3.8, 4) is 0 Å². The first-order valence-corrected chi connectivity index (χ1v) is 7.53. The zero-order chi connectivity index (χ0) is 13.0. The molecule has 2 rings (SSSR count). The average molecular weight is 267 g/mol. The largest absolute Gasteiger partial charge is 0.396 e. The van der Waals surface area contributed by atoms with Gasteiger partial charge >= 0.3 is 0 Å². The van der Waals surface area contributed by atoms with Crippen LogP contribution in [-0.2, 0) is 12.8 Å². The van der Waals surface area contributed by atoms with Gasteiger partial charge in [0.1, 0.15) is 0 Å². The number of nitrogens with one attached hydrogen (secondary N) is 1. The Bertz CT molecular complexity index is 414. The molecule has 100 valence electrons. The molecule has 3 nitrogen and oxygen atoms in total. The van der Waals surface area contributed by atoms with Crippen molar-refractivity contribution >= 4 is 17.2 Å². The topological polar surface area (TPSA) is 49.3 Å². The molecular formula is C14H21NO2S. The van der Waals surface area contributed by atoms with E-state index in [1.165, 1.54) is 16.9 Å². The first-order valence-electron chi connectivity index (χ1n) is 6.71.